The Kier molecular flexibility index (Phi) is 4.71. The molecule has 0 N–H and O–H groups in total. The molecule has 0 aliphatic carbocycles. The molecule has 6 nitrogen and oxygen atoms in total. The Bertz CT molecular complexity index is 647. The van der Waals surface area contributed by atoms with Crippen molar-refractivity contribution in [2.75, 3.05) is 13.1 Å². The second kappa shape index (κ2) is 7.09. The number of hydrogen-bond acceptors (Lipinski definition) is 4. The Hall–Kier alpha value is -2.63. The molecule has 2 aromatic rings. The van der Waals surface area contributed by atoms with Crippen LogP contribution >= 0.6 is 0 Å². The second-order valence-electron chi connectivity index (χ2n) is 5.59. The Morgan fingerprint density at radius 2 is 1.87 bits per heavy atom. The molecule has 3 rings (SSSR count). The van der Waals surface area contributed by atoms with E-state index in [4.69, 9.17) is 4.74 Å². The lowest BCUT2D eigenvalue weighted by atomic mass is 9.96. The first-order chi connectivity index (χ1) is 11.2. The van der Waals surface area contributed by atoms with Crippen LogP contribution in [0.15, 0.2) is 48.8 Å². The molecule has 1 aromatic carbocycles. The van der Waals surface area contributed by atoms with Crippen LogP contribution in [0.3, 0.4) is 0 Å². The van der Waals surface area contributed by atoms with Gasteiger partial charge in [-0.2, -0.15) is 5.10 Å². The van der Waals surface area contributed by atoms with E-state index in [1.54, 1.807) is 23.4 Å². The summed E-state index contributed by atoms with van der Waals surface area (Å²) >= 11 is 0. The molecule has 2 heterocycles. The molecule has 0 spiro atoms. The Balaban J connectivity index is 1.47. The van der Waals surface area contributed by atoms with Crippen LogP contribution in [-0.2, 0) is 11.3 Å². The van der Waals surface area contributed by atoms with Gasteiger partial charge < -0.3 is 9.64 Å². The topological polar surface area (TPSA) is 64.4 Å². The highest BCUT2D eigenvalue weighted by atomic mass is 16.6. The summed E-state index contributed by atoms with van der Waals surface area (Å²) < 4.78 is 6.69. The number of rotatable bonds is 3. The number of ether oxygens (including phenoxy) is 1. The summed E-state index contributed by atoms with van der Waals surface area (Å²) in [6.45, 7) is 1.34. The van der Waals surface area contributed by atoms with Crippen molar-refractivity contribution in [1.29, 1.82) is 0 Å². The molecule has 120 valence electrons. The number of carbonyl (C=O) groups excluding carboxylic acids is 2. The average Bonchev–Trinajstić information content (AvgIpc) is 3.15. The van der Waals surface area contributed by atoms with Crippen LogP contribution in [0.2, 0.25) is 0 Å². The van der Waals surface area contributed by atoms with Gasteiger partial charge in [0.15, 0.2) is 0 Å². The van der Waals surface area contributed by atoms with E-state index >= 15 is 0 Å². The predicted octanol–water partition coefficient (Wildman–Crippen LogP) is 2.57. The van der Waals surface area contributed by atoms with Crippen molar-refractivity contribution in [1.82, 2.24) is 14.7 Å². The highest BCUT2D eigenvalue weighted by molar-refractivity contribution is 5.80. The second-order valence-corrected chi connectivity index (χ2v) is 5.59. The van der Waals surface area contributed by atoms with E-state index in [0.29, 0.717) is 25.9 Å². The van der Waals surface area contributed by atoms with Crippen LogP contribution < -0.4 is 0 Å². The number of carbonyl (C=O) groups is 2. The fourth-order valence-electron chi connectivity index (χ4n) is 2.71. The zero-order valence-electron chi connectivity index (χ0n) is 12.8. The SMILES string of the molecule is O=C(OCc1ccccc1)N1CCC(C(=O)n2cccn2)CC1. The van der Waals surface area contributed by atoms with Crippen molar-refractivity contribution < 1.29 is 14.3 Å². The average molecular weight is 313 g/mol. The van der Waals surface area contributed by atoms with Crippen molar-refractivity contribution in [2.24, 2.45) is 5.92 Å². The highest BCUT2D eigenvalue weighted by Gasteiger charge is 2.29. The largest absolute Gasteiger partial charge is 0.445 e. The third-order valence-electron chi connectivity index (χ3n) is 4.04. The van der Waals surface area contributed by atoms with Crippen molar-refractivity contribution in [2.45, 2.75) is 19.4 Å². The number of amides is 1. The monoisotopic (exact) mass is 313 g/mol. The summed E-state index contributed by atoms with van der Waals surface area (Å²) in [6, 6.07) is 11.3. The van der Waals surface area contributed by atoms with Crippen LogP contribution in [0.4, 0.5) is 4.79 Å². The molecular weight excluding hydrogens is 294 g/mol. The normalized spacial score (nSPS) is 15.4. The molecule has 0 bridgehead atoms. The summed E-state index contributed by atoms with van der Waals surface area (Å²) in [4.78, 5) is 26.0. The van der Waals surface area contributed by atoms with E-state index in [1.807, 2.05) is 30.3 Å². The molecule has 1 saturated heterocycles. The summed E-state index contributed by atoms with van der Waals surface area (Å²) in [5.41, 5.74) is 0.963. The molecule has 1 fully saturated rings. The van der Waals surface area contributed by atoms with Gasteiger partial charge in [0, 0.05) is 31.4 Å². The summed E-state index contributed by atoms with van der Waals surface area (Å²) in [5.74, 6) is -0.0969. The standard InChI is InChI=1S/C17H19N3O3/c21-16(20-10-4-9-18-20)15-7-11-19(12-8-15)17(22)23-13-14-5-2-1-3-6-14/h1-6,9-10,15H,7-8,11-13H2. The van der Waals surface area contributed by atoms with Crippen molar-refractivity contribution >= 4 is 12.0 Å². The van der Waals surface area contributed by atoms with E-state index in [0.717, 1.165) is 5.56 Å². The van der Waals surface area contributed by atoms with Gasteiger partial charge in [-0.3, -0.25) is 4.79 Å². The van der Waals surface area contributed by atoms with Gasteiger partial charge >= 0.3 is 6.09 Å². The number of likely N-dealkylation sites (tertiary alicyclic amines) is 1. The maximum Gasteiger partial charge on any atom is 0.410 e. The lowest BCUT2D eigenvalue weighted by Gasteiger charge is -2.30. The molecule has 1 aliphatic heterocycles. The fraction of sp³-hybridized carbons (Fsp3) is 0.353. The molecule has 0 atom stereocenters. The van der Waals surface area contributed by atoms with Crippen LogP contribution in [0, 0.1) is 5.92 Å². The quantitative estimate of drug-likeness (QED) is 0.873. The van der Waals surface area contributed by atoms with Gasteiger partial charge in [-0.1, -0.05) is 30.3 Å². The fourth-order valence-corrected chi connectivity index (χ4v) is 2.71. The molecule has 23 heavy (non-hydrogen) atoms. The predicted molar refractivity (Wildman–Crippen MR) is 83.8 cm³/mol. The number of hydrogen-bond donors (Lipinski definition) is 0. The van der Waals surface area contributed by atoms with Crippen LogP contribution in [0.25, 0.3) is 0 Å². The van der Waals surface area contributed by atoms with Crippen molar-refractivity contribution in [3.05, 3.63) is 54.4 Å². The molecule has 1 aromatic heterocycles. The Morgan fingerprint density at radius 3 is 2.52 bits per heavy atom. The third-order valence-corrected chi connectivity index (χ3v) is 4.04. The summed E-state index contributed by atoms with van der Waals surface area (Å²) in [7, 11) is 0. The van der Waals surface area contributed by atoms with E-state index in [-0.39, 0.29) is 24.5 Å². The zero-order valence-corrected chi connectivity index (χ0v) is 12.8. The molecule has 6 heteroatoms. The van der Waals surface area contributed by atoms with E-state index in [1.165, 1.54) is 4.68 Å². The number of piperidine rings is 1. The highest BCUT2D eigenvalue weighted by Crippen LogP contribution is 2.19. The molecule has 0 unspecified atom stereocenters. The lowest BCUT2D eigenvalue weighted by molar-refractivity contribution is 0.0647. The molecule has 0 radical (unpaired) electrons. The number of aromatic nitrogens is 2. The third kappa shape index (κ3) is 3.77. The molecule has 1 aliphatic rings. The van der Waals surface area contributed by atoms with Crippen molar-refractivity contribution in [3.63, 3.8) is 0 Å². The first-order valence-corrected chi connectivity index (χ1v) is 7.73. The van der Waals surface area contributed by atoms with Crippen molar-refractivity contribution in [3.8, 4) is 0 Å². The number of nitrogens with zero attached hydrogens (tertiary/aromatic N) is 3. The first kappa shape index (κ1) is 15.3. The molecule has 0 saturated carbocycles. The van der Waals surface area contributed by atoms with Gasteiger partial charge in [-0.05, 0) is 24.5 Å². The minimum absolute atomic E-state index is 0.00713. The van der Waals surface area contributed by atoms with E-state index in [9.17, 15) is 9.59 Å². The van der Waals surface area contributed by atoms with Crippen LogP contribution in [0.1, 0.15) is 23.2 Å². The van der Waals surface area contributed by atoms with Gasteiger partial charge in [0.2, 0.25) is 5.91 Å². The zero-order chi connectivity index (χ0) is 16.1. The van der Waals surface area contributed by atoms with Crippen LogP contribution in [-0.4, -0.2) is 39.8 Å². The van der Waals surface area contributed by atoms with Crippen LogP contribution in [0.5, 0.6) is 0 Å². The maximum atomic E-state index is 12.2. The van der Waals surface area contributed by atoms with Gasteiger partial charge in [0.1, 0.15) is 6.61 Å². The van der Waals surface area contributed by atoms with Gasteiger partial charge in [0.05, 0.1) is 0 Å². The number of benzene rings is 1. The van der Waals surface area contributed by atoms with Gasteiger partial charge in [-0.25, -0.2) is 9.48 Å². The maximum absolute atomic E-state index is 12.2. The summed E-state index contributed by atoms with van der Waals surface area (Å²) in [5, 5.41) is 3.97. The van der Waals surface area contributed by atoms with Gasteiger partial charge in [0.25, 0.3) is 0 Å². The smallest absolute Gasteiger partial charge is 0.410 e. The van der Waals surface area contributed by atoms with Gasteiger partial charge in [-0.15, -0.1) is 0 Å². The first-order valence-electron chi connectivity index (χ1n) is 7.73. The molecular formula is C17H19N3O3. The lowest BCUT2D eigenvalue weighted by Crippen LogP contribution is -2.41. The Labute approximate surface area is 134 Å². The minimum atomic E-state index is -0.321. The van der Waals surface area contributed by atoms with E-state index < -0.39 is 0 Å². The van der Waals surface area contributed by atoms with E-state index in [2.05, 4.69) is 5.10 Å². The Morgan fingerprint density at radius 1 is 1.13 bits per heavy atom. The summed E-state index contributed by atoms with van der Waals surface area (Å²) in [6.07, 6.45) is 4.20. The molecule has 1 amide bonds. The minimum Gasteiger partial charge on any atom is -0.445 e.